The van der Waals surface area contributed by atoms with Crippen molar-refractivity contribution in [3.05, 3.63) is 51.2 Å². The Bertz CT molecular complexity index is 939. The highest BCUT2D eigenvalue weighted by Gasteiger charge is 2.16. The molecule has 0 bridgehead atoms. The topological polar surface area (TPSA) is 72.7 Å². The second-order valence-electron chi connectivity index (χ2n) is 5.73. The van der Waals surface area contributed by atoms with Crippen molar-refractivity contribution in [2.75, 3.05) is 11.1 Å². The Labute approximate surface area is 178 Å². The van der Waals surface area contributed by atoms with Crippen LogP contribution in [-0.2, 0) is 11.3 Å². The third kappa shape index (κ3) is 4.77. The summed E-state index contributed by atoms with van der Waals surface area (Å²) in [6.07, 6.45) is 3.47. The number of nitrogens with one attached hydrogen (secondary N) is 1. The number of thioether (sulfide) groups is 1. The van der Waals surface area contributed by atoms with E-state index < -0.39 is 0 Å². The van der Waals surface area contributed by atoms with Gasteiger partial charge in [0, 0.05) is 33.4 Å². The van der Waals surface area contributed by atoms with Crippen LogP contribution in [0, 0.1) is 6.92 Å². The Morgan fingerprint density at radius 3 is 2.63 bits per heavy atom. The van der Waals surface area contributed by atoms with Gasteiger partial charge in [0.1, 0.15) is 0 Å². The van der Waals surface area contributed by atoms with Gasteiger partial charge in [0.05, 0.1) is 11.4 Å². The van der Waals surface area contributed by atoms with Gasteiger partial charge in [-0.2, -0.15) is 0 Å². The summed E-state index contributed by atoms with van der Waals surface area (Å²) in [5.74, 6) is 0.870. The second kappa shape index (κ2) is 8.99. The minimum absolute atomic E-state index is 0.112. The minimum Gasteiger partial charge on any atom is -0.323 e. The van der Waals surface area contributed by atoms with Crippen LogP contribution in [0.4, 0.5) is 5.69 Å². The number of halogens is 2. The van der Waals surface area contributed by atoms with Crippen LogP contribution in [0.2, 0.25) is 0 Å². The third-order valence-electron chi connectivity index (χ3n) is 3.74. The number of aryl methyl sites for hydroxylation is 1. The summed E-state index contributed by atoms with van der Waals surface area (Å²) in [5, 5.41) is 12.1. The first-order chi connectivity index (χ1) is 13.0. The van der Waals surface area contributed by atoms with Gasteiger partial charge in [-0.25, -0.2) is 0 Å². The van der Waals surface area contributed by atoms with Gasteiger partial charge in [-0.1, -0.05) is 11.8 Å². The zero-order valence-corrected chi connectivity index (χ0v) is 18.7. The number of anilines is 1. The van der Waals surface area contributed by atoms with Crippen molar-refractivity contribution in [2.45, 2.75) is 25.5 Å². The van der Waals surface area contributed by atoms with E-state index in [2.05, 4.69) is 52.4 Å². The molecule has 0 aliphatic heterocycles. The van der Waals surface area contributed by atoms with Gasteiger partial charge in [0.15, 0.2) is 11.0 Å². The predicted octanol–water partition coefficient (Wildman–Crippen LogP) is 4.92. The lowest BCUT2D eigenvalue weighted by Crippen LogP contribution is -2.15. The Hall–Kier alpha value is -1.71. The number of benzene rings is 1. The van der Waals surface area contributed by atoms with E-state index in [1.807, 2.05) is 42.7 Å². The highest BCUT2D eigenvalue weighted by molar-refractivity contribution is 9.11. The van der Waals surface area contributed by atoms with Gasteiger partial charge in [-0.05, 0) is 75.5 Å². The first kappa shape index (κ1) is 20.0. The molecule has 6 nitrogen and oxygen atoms in total. The SMILES string of the molecule is CCn1c(SCC(=O)Nc2c(Br)cc(C)cc2Br)nnc1-c1cccnc1. The number of amides is 1. The average molecular weight is 511 g/mol. The maximum Gasteiger partial charge on any atom is 0.234 e. The Morgan fingerprint density at radius 2 is 2.00 bits per heavy atom. The van der Waals surface area contributed by atoms with E-state index in [1.165, 1.54) is 11.8 Å². The lowest BCUT2D eigenvalue weighted by atomic mass is 10.2. The molecule has 0 atom stereocenters. The van der Waals surface area contributed by atoms with Crippen LogP contribution in [-0.4, -0.2) is 31.4 Å². The normalized spacial score (nSPS) is 10.8. The minimum atomic E-state index is -0.112. The van der Waals surface area contributed by atoms with E-state index in [-0.39, 0.29) is 11.7 Å². The van der Waals surface area contributed by atoms with Crippen molar-refractivity contribution in [2.24, 2.45) is 0 Å². The molecular weight excluding hydrogens is 494 g/mol. The molecule has 0 saturated carbocycles. The van der Waals surface area contributed by atoms with Crippen LogP contribution in [0.5, 0.6) is 0 Å². The molecule has 0 saturated heterocycles. The van der Waals surface area contributed by atoms with E-state index in [1.54, 1.807) is 12.4 Å². The number of rotatable bonds is 6. The van der Waals surface area contributed by atoms with E-state index in [9.17, 15) is 4.79 Å². The molecule has 27 heavy (non-hydrogen) atoms. The maximum absolute atomic E-state index is 12.4. The van der Waals surface area contributed by atoms with Crippen LogP contribution in [0.3, 0.4) is 0 Å². The number of pyridine rings is 1. The molecule has 0 aliphatic rings. The molecule has 1 amide bonds. The van der Waals surface area contributed by atoms with Crippen LogP contribution >= 0.6 is 43.6 Å². The molecule has 3 aromatic rings. The fourth-order valence-corrected chi connectivity index (χ4v) is 4.93. The quantitative estimate of drug-likeness (QED) is 0.476. The number of carbonyl (C=O) groups is 1. The highest BCUT2D eigenvalue weighted by atomic mass is 79.9. The molecule has 1 N–H and O–H groups in total. The monoisotopic (exact) mass is 509 g/mol. The summed E-state index contributed by atoms with van der Waals surface area (Å²) in [6, 6.07) is 7.72. The molecule has 140 valence electrons. The summed E-state index contributed by atoms with van der Waals surface area (Å²) in [5.41, 5.74) is 2.72. The smallest absolute Gasteiger partial charge is 0.234 e. The van der Waals surface area contributed by atoms with E-state index in [4.69, 9.17) is 0 Å². The summed E-state index contributed by atoms with van der Waals surface area (Å²) in [6.45, 7) is 4.72. The summed E-state index contributed by atoms with van der Waals surface area (Å²) < 4.78 is 3.65. The van der Waals surface area contributed by atoms with Crippen molar-refractivity contribution >= 4 is 55.2 Å². The van der Waals surface area contributed by atoms with Gasteiger partial charge in [0.25, 0.3) is 0 Å². The Kier molecular flexibility index (Phi) is 6.67. The van der Waals surface area contributed by atoms with Crippen molar-refractivity contribution in [1.29, 1.82) is 0 Å². The first-order valence-corrected chi connectivity index (χ1v) is 10.8. The van der Waals surface area contributed by atoms with Crippen LogP contribution < -0.4 is 5.32 Å². The number of hydrogen-bond donors (Lipinski definition) is 1. The van der Waals surface area contributed by atoms with E-state index in [0.29, 0.717) is 11.7 Å². The zero-order chi connectivity index (χ0) is 19.4. The standard InChI is InChI=1S/C18H17Br2N5OS/c1-3-25-17(12-5-4-6-21-9-12)23-24-18(25)27-10-15(26)22-16-13(19)7-11(2)8-14(16)20/h4-9H,3,10H2,1-2H3,(H,22,26). The first-order valence-electron chi connectivity index (χ1n) is 8.21. The lowest BCUT2D eigenvalue weighted by molar-refractivity contribution is -0.113. The number of aromatic nitrogens is 4. The van der Waals surface area contributed by atoms with Crippen molar-refractivity contribution in [1.82, 2.24) is 19.7 Å². The fourth-order valence-electron chi connectivity index (χ4n) is 2.51. The van der Waals surface area contributed by atoms with Crippen molar-refractivity contribution in [3.63, 3.8) is 0 Å². The molecule has 0 radical (unpaired) electrons. The summed E-state index contributed by atoms with van der Waals surface area (Å²) in [7, 11) is 0. The Morgan fingerprint density at radius 1 is 1.26 bits per heavy atom. The molecular formula is C18H17Br2N5OS. The molecule has 9 heteroatoms. The fraction of sp³-hybridized carbons (Fsp3) is 0.222. The number of carbonyl (C=O) groups excluding carboxylic acids is 1. The summed E-state index contributed by atoms with van der Waals surface area (Å²) in [4.78, 5) is 16.5. The molecule has 2 aromatic heterocycles. The average Bonchev–Trinajstić information content (AvgIpc) is 3.06. The molecule has 1 aromatic carbocycles. The van der Waals surface area contributed by atoms with Gasteiger partial charge in [-0.15, -0.1) is 10.2 Å². The third-order valence-corrected chi connectivity index (χ3v) is 5.95. The molecule has 0 fully saturated rings. The Balaban J connectivity index is 1.70. The van der Waals surface area contributed by atoms with Gasteiger partial charge in [-0.3, -0.25) is 9.78 Å². The van der Waals surface area contributed by atoms with Gasteiger partial charge in [0.2, 0.25) is 5.91 Å². The van der Waals surface area contributed by atoms with Crippen LogP contribution in [0.25, 0.3) is 11.4 Å². The van der Waals surface area contributed by atoms with Crippen molar-refractivity contribution in [3.8, 4) is 11.4 Å². The van der Waals surface area contributed by atoms with Crippen LogP contribution in [0.15, 0.2) is 50.8 Å². The van der Waals surface area contributed by atoms with Crippen molar-refractivity contribution < 1.29 is 4.79 Å². The molecule has 3 rings (SSSR count). The van der Waals surface area contributed by atoms with Crippen LogP contribution in [0.1, 0.15) is 12.5 Å². The molecule has 2 heterocycles. The van der Waals surface area contributed by atoms with E-state index in [0.717, 1.165) is 31.6 Å². The molecule has 0 spiro atoms. The summed E-state index contributed by atoms with van der Waals surface area (Å²) >= 11 is 8.34. The van der Waals surface area contributed by atoms with Gasteiger partial charge >= 0.3 is 0 Å². The maximum atomic E-state index is 12.4. The molecule has 0 aliphatic carbocycles. The highest BCUT2D eigenvalue weighted by Crippen LogP contribution is 2.32. The largest absolute Gasteiger partial charge is 0.323 e. The number of nitrogens with zero attached hydrogens (tertiary/aromatic N) is 4. The zero-order valence-electron chi connectivity index (χ0n) is 14.7. The molecule has 0 unspecified atom stereocenters. The second-order valence-corrected chi connectivity index (χ2v) is 8.38. The predicted molar refractivity (Wildman–Crippen MR) is 115 cm³/mol. The number of hydrogen-bond acceptors (Lipinski definition) is 5. The van der Waals surface area contributed by atoms with E-state index >= 15 is 0 Å². The van der Waals surface area contributed by atoms with Gasteiger partial charge < -0.3 is 9.88 Å². The lowest BCUT2D eigenvalue weighted by Gasteiger charge is -2.11.